The van der Waals surface area contributed by atoms with Crippen molar-refractivity contribution in [2.45, 2.75) is 85.4 Å². The Kier molecular flexibility index (Phi) is 11.1. The van der Waals surface area contributed by atoms with Gasteiger partial charge in [-0.2, -0.15) is 0 Å². The summed E-state index contributed by atoms with van der Waals surface area (Å²) < 4.78 is 5.33. The third kappa shape index (κ3) is 9.12. The Morgan fingerprint density at radius 2 is 1.54 bits per heavy atom. The van der Waals surface area contributed by atoms with Crippen LogP contribution in [0.5, 0.6) is 0 Å². The van der Waals surface area contributed by atoms with E-state index >= 15 is 0 Å². The molecule has 212 valence electrons. The lowest BCUT2D eigenvalue weighted by atomic mass is 9.97. The number of alkyl carbamates (subject to hydrolysis) is 1. The molecule has 2 atom stereocenters. The van der Waals surface area contributed by atoms with Crippen LogP contribution in [0.2, 0.25) is 0 Å². The van der Waals surface area contributed by atoms with Gasteiger partial charge in [0, 0.05) is 12.2 Å². The molecule has 0 saturated heterocycles. The van der Waals surface area contributed by atoms with E-state index in [-0.39, 0.29) is 6.54 Å². The van der Waals surface area contributed by atoms with Crippen LogP contribution in [-0.2, 0) is 19.1 Å². The highest BCUT2D eigenvalue weighted by molar-refractivity contribution is 6.00. The molecule has 0 aliphatic carbocycles. The molecule has 2 rings (SSSR count). The van der Waals surface area contributed by atoms with Crippen molar-refractivity contribution in [1.29, 1.82) is 0 Å². The number of nitrogens with two attached hydrogens (primary N) is 1. The van der Waals surface area contributed by atoms with E-state index < -0.39 is 47.9 Å². The summed E-state index contributed by atoms with van der Waals surface area (Å²) in [5.74, 6) is -1.77. The average molecular weight is 539 g/mol. The van der Waals surface area contributed by atoms with Crippen LogP contribution in [-0.4, -0.2) is 46.9 Å². The van der Waals surface area contributed by atoms with Crippen LogP contribution in [0.15, 0.2) is 42.5 Å². The Morgan fingerprint density at radius 1 is 0.949 bits per heavy atom. The molecule has 0 fully saturated rings. The summed E-state index contributed by atoms with van der Waals surface area (Å²) in [5.41, 5.74) is 8.54. The number of amides is 4. The first-order valence-corrected chi connectivity index (χ1v) is 13.3. The van der Waals surface area contributed by atoms with Crippen molar-refractivity contribution in [3.8, 4) is 0 Å². The van der Waals surface area contributed by atoms with E-state index in [4.69, 9.17) is 10.5 Å². The van der Waals surface area contributed by atoms with Crippen LogP contribution >= 0.6 is 0 Å². The zero-order valence-corrected chi connectivity index (χ0v) is 24.1. The molecule has 4 N–H and O–H groups in total. The SMILES string of the molecule is CCCCN(C(=O)C(CC(N)=O)NC(=O)OC(C)(C)C)C(C(=O)Nc1c(C)cccc1C)c1ccccc1C. The van der Waals surface area contributed by atoms with Gasteiger partial charge >= 0.3 is 6.09 Å². The average Bonchev–Trinajstić information content (AvgIpc) is 2.82. The van der Waals surface area contributed by atoms with E-state index in [1.807, 2.05) is 64.1 Å². The van der Waals surface area contributed by atoms with Crippen LogP contribution < -0.4 is 16.4 Å². The molecule has 0 aliphatic rings. The predicted molar refractivity (Wildman–Crippen MR) is 152 cm³/mol. The quantitative estimate of drug-likeness (QED) is 0.382. The summed E-state index contributed by atoms with van der Waals surface area (Å²) in [6, 6.07) is 10.7. The molecule has 4 amide bonds. The number of anilines is 1. The number of rotatable bonds is 11. The number of aryl methyl sites for hydroxylation is 3. The summed E-state index contributed by atoms with van der Waals surface area (Å²) in [6.45, 7) is 12.9. The van der Waals surface area contributed by atoms with Gasteiger partial charge in [0.05, 0.1) is 6.42 Å². The van der Waals surface area contributed by atoms with Gasteiger partial charge < -0.3 is 26.0 Å². The zero-order valence-electron chi connectivity index (χ0n) is 24.1. The number of hydrogen-bond donors (Lipinski definition) is 3. The Bertz CT molecular complexity index is 1170. The van der Waals surface area contributed by atoms with Crippen molar-refractivity contribution in [2.75, 3.05) is 11.9 Å². The molecule has 2 aromatic carbocycles. The van der Waals surface area contributed by atoms with Gasteiger partial charge in [0.1, 0.15) is 17.7 Å². The van der Waals surface area contributed by atoms with E-state index in [1.54, 1.807) is 26.8 Å². The van der Waals surface area contributed by atoms with Gasteiger partial charge in [0.2, 0.25) is 11.8 Å². The molecule has 9 heteroatoms. The lowest BCUT2D eigenvalue weighted by Crippen LogP contribution is -2.53. The number of unbranched alkanes of at least 4 members (excludes halogenated alkanes) is 1. The van der Waals surface area contributed by atoms with Crippen molar-refractivity contribution in [3.63, 3.8) is 0 Å². The van der Waals surface area contributed by atoms with Crippen LogP contribution in [0.3, 0.4) is 0 Å². The fourth-order valence-corrected chi connectivity index (χ4v) is 4.29. The topological polar surface area (TPSA) is 131 Å². The summed E-state index contributed by atoms with van der Waals surface area (Å²) in [5, 5.41) is 5.54. The van der Waals surface area contributed by atoms with Gasteiger partial charge in [-0.3, -0.25) is 14.4 Å². The van der Waals surface area contributed by atoms with Crippen LogP contribution in [0.4, 0.5) is 10.5 Å². The van der Waals surface area contributed by atoms with Crippen LogP contribution in [0, 0.1) is 20.8 Å². The fraction of sp³-hybridized carbons (Fsp3) is 0.467. The number of para-hydroxylation sites is 1. The Labute approximate surface area is 231 Å². The Hall–Kier alpha value is -3.88. The lowest BCUT2D eigenvalue weighted by Gasteiger charge is -2.35. The molecule has 0 spiro atoms. The van der Waals surface area contributed by atoms with Gasteiger partial charge in [-0.05, 0) is 70.2 Å². The highest BCUT2D eigenvalue weighted by Crippen LogP contribution is 2.29. The number of ether oxygens (including phenoxy) is 1. The monoisotopic (exact) mass is 538 g/mol. The zero-order chi connectivity index (χ0) is 29.3. The van der Waals surface area contributed by atoms with Gasteiger partial charge in [-0.1, -0.05) is 55.8 Å². The summed E-state index contributed by atoms with van der Waals surface area (Å²) in [6.07, 6.45) is 0.0493. The lowest BCUT2D eigenvalue weighted by molar-refractivity contribution is -0.142. The van der Waals surface area contributed by atoms with E-state index in [9.17, 15) is 19.2 Å². The first-order valence-electron chi connectivity index (χ1n) is 13.3. The van der Waals surface area contributed by atoms with Gasteiger partial charge in [0.15, 0.2) is 0 Å². The number of hydrogen-bond acceptors (Lipinski definition) is 5. The standard InChI is InChI=1S/C30H42N4O5/c1-8-9-17-34(28(37)23(18-24(31)35)32-29(38)39-30(5,6)7)26(22-16-11-10-13-19(22)2)27(36)33-25-20(3)14-12-15-21(25)4/h10-16,23,26H,8-9,17-18H2,1-7H3,(H2,31,35)(H,32,38)(H,33,36). The van der Waals surface area contributed by atoms with Gasteiger partial charge in [-0.15, -0.1) is 0 Å². The number of nitrogens with one attached hydrogen (secondary N) is 2. The van der Waals surface area contributed by atoms with Crippen molar-refractivity contribution in [3.05, 3.63) is 64.7 Å². The highest BCUT2D eigenvalue weighted by Gasteiger charge is 2.37. The molecule has 0 heterocycles. The summed E-state index contributed by atoms with van der Waals surface area (Å²) >= 11 is 0. The number of carbonyl (C=O) groups excluding carboxylic acids is 4. The number of carbonyl (C=O) groups is 4. The minimum absolute atomic E-state index is 0.222. The number of primary amides is 1. The summed E-state index contributed by atoms with van der Waals surface area (Å²) in [7, 11) is 0. The van der Waals surface area contributed by atoms with E-state index in [0.29, 0.717) is 17.7 Å². The molecule has 0 bridgehead atoms. The maximum absolute atomic E-state index is 14.1. The minimum atomic E-state index is -1.31. The molecule has 9 nitrogen and oxygen atoms in total. The van der Waals surface area contributed by atoms with Gasteiger partial charge in [-0.25, -0.2) is 4.79 Å². The van der Waals surface area contributed by atoms with Crippen molar-refractivity contribution in [1.82, 2.24) is 10.2 Å². The van der Waals surface area contributed by atoms with Crippen LogP contribution in [0.25, 0.3) is 0 Å². The predicted octanol–water partition coefficient (Wildman–Crippen LogP) is 4.69. The Balaban J connectivity index is 2.59. The van der Waals surface area contributed by atoms with Crippen molar-refractivity contribution in [2.24, 2.45) is 5.73 Å². The second-order valence-electron chi connectivity index (χ2n) is 10.8. The molecular weight excluding hydrogens is 496 g/mol. The molecule has 2 unspecified atom stereocenters. The molecular formula is C30H42N4O5. The maximum atomic E-state index is 14.1. The third-order valence-electron chi connectivity index (χ3n) is 6.20. The normalized spacial score (nSPS) is 12.7. The second-order valence-corrected chi connectivity index (χ2v) is 10.8. The van der Waals surface area contributed by atoms with E-state index in [2.05, 4.69) is 10.6 Å². The van der Waals surface area contributed by atoms with Crippen molar-refractivity contribution < 1.29 is 23.9 Å². The largest absolute Gasteiger partial charge is 0.444 e. The van der Waals surface area contributed by atoms with Gasteiger partial charge in [0.25, 0.3) is 5.91 Å². The fourth-order valence-electron chi connectivity index (χ4n) is 4.29. The molecule has 0 aliphatic heterocycles. The number of benzene rings is 2. The highest BCUT2D eigenvalue weighted by atomic mass is 16.6. The third-order valence-corrected chi connectivity index (χ3v) is 6.20. The van der Waals surface area contributed by atoms with E-state index in [0.717, 1.165) is 23.1 Å². The smallest absolute Gasteiger partial charge is 0.408 e. The van der Waals surface area contributed by atoms with Crippen LogP contribution in [0.1, 0.15) is 75.3 Å². The molecule has 0 radical (unpaired) electrons. The number of nitrogens with zero attached hydrogens (tertiary/aromatic N) is 1. The minimum Gasteiger partial charge on any atom is -0.444 e. The first kappa shape index (κ1) is 31.3. The molecule has 0 saturated carbocycles. The maximum Gasteiger partial charge on any atom is 0.408 e. The van der Waals surface area contributed by atoms with Crippen molar-refractivity contribution >= 4 is 29.5 Å². The molecule has 0 aromatic heterocycles. The second kappa shape index (κ2) is 13.8. The Morgan fingerprint density at radius 3 is 2.08 bits per heavy atom. The summed E-state index contributed by atoms with van der Waals surface area (Å²) in [4.78, 5) is 54.1. The van der Waals surface area contributed by atoms with E-state index in [1.165, 1.54) is 4.90 Å². The molecule has 2 aromatic rings. The first-order chi connectivity index (χ1) is 18.2. The molecule has 39 heavy (non-hydrogen) atoms.